The summed E-state index contributed by atoms with van der Waals surface area (Å²) in [7, 11) is 0. The van der Waals surface area contributed by atoms with E-state index in [1.54, 1.807) is 6.92 Å². The van der Waals surface area contributed by atoms with Crippen molar-refractivity contribution in [3.63, 3.8) is 0 Å². The molecule has 0 spiro atoms. The van der Waals surface area contributed by atoms with Crippen LogP contribution in [-0.4, -0.2) is 48.5 Å². The molecule has 0 aliphatic carbocycles. The van der Waals surface area contributed by atoms with Crippen LogP contribution in [0.2, 0.25) is 5.02 Å². The summed E-state index contributed by atoms with van der Waals surface area (Å²) in [6.07, 6.45) is 0.392. The molecule has 8 heteroatoms. The van der Waals surface area contributed by atoms with Crippen LogP contribution in [0.4, 0.5) is 11.4 Å². The normalized spacial score (nSPS) is 24.0. The minimum atomic E-state index is -0.788. The summed E-state index contributed by atoms with van der Waals surface area (Å²) in [4.78, 5) is 12.9. The Morgan fingerprint density at radius 2 is 2.18 bits per heavy atom. The molecule has 1 fully saturated rings. The van der Waals surface area contributed by atoms with E-state index in [-0.39, 0.29) is 17.3 Å². The Bertz CT molecular complexity index is 618. The highest BCUT2D eigenvalue weighted by Gasteiger charge is 2.40. The molecule has 0 aromatic heterocycles. The smallest absolute Gasteiger partial charge is 0.294 e. The van der Waals surface area contributed by atoms with Crippen molar-refractivity contribution < 1.29 is 19.5 Å². The maximum Gasteiger partial charge on any atom is 0.294 e. The van der Waals surface area contributed by atoms with Gasteiger partial charge in [0.15, 0.2) is 0 Å². The van der Waals surface area contributed by atoms with Gasteiger partial charge in [0, 0.05) is 31.1 Å². The van der Waals surface area contributed by atoms with Gasteiger partial charge in [-0.1, -0.05) is 11.6 Å². The number of anilines is 1. The largest absolute Gasteiger partial charge is 0.483 e. The third kappa shape index (κ3) is 2.49. The van der Waals surface area contributed by atoms with Crippen molar-refractivity contribution in [1.82, 2.24) is 0 Å². The van der Waals surface area contributed by atoms with Gasteiger partial charge in [0.1, 0.15) is 22.1 Å². The number of nitro benzene ring substituents is 1. The first-order valence-electron chi connectivity index (χ1n) is 7.07. The van der Waals surface area contributed by atoms with Crippen molar-refractivity contribution >= 4 is 23.0 Å². The molecule has 1 unspecified atom stereocenters. The van der Waals surface area contributed by atoms with Crippen molar-refractivity contribution in [3.8, 4) is 5.75 Å². The number of morpholine rings is 1. The molecule has 0 saturated carbocycles. The second-order valence-corrected chi connectivity index (χ2v) is 6.17. The molecule has 2 heterocycles. The van der Waals surface area contributed by atoms with E-state index in [0.717, 1.165) is 0 Å². The monoisotopic (exact) mass is 328 g/mol. The van der Waals surface area contributed by atoms with Crippen LogP contribution in [0, 0.1) is 10.1 Å². The number of hydrogen-bond acceptors (Lipinski definition) is 6. The van der Waals surface area contributed by atoms with Crippen LogP contribution in [0.1, 0.15) is 12.5 Å². The summed E-state index contributed by atoms with van der Waals surface area (Å²) in [6, 6.07) is 1.51. The van der Waals surface area contributed by atoms with Gasteiger partial charge in [0.25, 0.3) is 5.69 Å². The number of fused-ring (bicyclic) bond motifs is 1. The lowest BCUT2D eigenvalue weighted by atomic mass is 9.99. The van der Waals surface area contributed by atoms with Crippen LogP contribution in [-0.2, 0) is 11.2 Å². The van der Waals surface area contributed by atoms with Crippen LogP contribution >= 0.6 is 11.6 Å². The molecule has 3 rings (SSSR count). The van der Waals surface area contributed by atoms with Crippen LogP contribution in [0.3, 0.4) is 0 Å². The molecule has 0 amide bonds. The van der Waals surface area contributed by atoms with E-state index in [1.807, 2.05) is 4.90 Å². The van der Waals surface area contributed by atoms with Gasteiger partial charge in [-0.05, 0) is 6.92 Å². The highest BCUT2D eigenvalue weighted by atomic mass is 35.5. The van der Waals surface area contributed by atoms with Crippen molar-refractivity contribution in [3.05, 3.63) is 26.8 Å². The molecule has 1 atom stereocenters. The number of nitrogens with zero attached hydrogens (tertiary/aromatic N) is 2. The molecule has 120 valence electrons. The summed E-state index contributed by atoms with van der Waals surface area (Å²) in [5.74, 6) is 0.435. The second-order valence-electron chi connectivity index (χ2n) is 5.79. The maximum absolute atomic E-state index is 11.4. The predicted octanol–water partition coefficient (Wildman–Crippen LogP) is 1.77. The van der Waals surface area contributed by atoms with Crippen LogP contribution in [0.15, 0.2) is 6.07 Å². The lowest BCUT2D eigenvalue weighted by Gasteiger charge is -2.29. The molecule has 0 bridgehead atoms. The SMILES string of the molecule is CC1(CO)Cc2cc([N+](=O)[O-])c(N3CCOCC3)c(Cl)c2O1. The van der Waals surface area contributed by atoms with Gasteiger partial charge < -0.3 is 19.5 Å². The molecule has 1 saturated heterocycles. The lowest BCUT2D eigenvalue weighted by molar-refractivity contribution is -0.384. The number of hydrogen-bond donors (Lipinski definition) is 1. The summed E-state index contributed by atoms with van der Waals surface area (Å²) in [5.41, 5.74) is 0.210. The van der Waals surface area contributed by atoms with E-state index in [0.29, 0.717) is 49.7 Å². The van der Waals surface area contributed by atoms with Crippen LogP contribution < -0.4 is 9.64 Å². The van der Waals surface area contributed by atoms with Gasteiger partial charge in [0.2, 0.25) is 0 Å². The van der Waals surface area contributed by atoms with Gasteiger partial charge in [-0.15, -0.1) is 0 Å². The van der Waals surface area contributed by atoms with Crippen molar-refractivity contribution in [2.24, 2.45) is 0 Å². The Morgan fingerprint density at radius 3 is 2.77 bits per heavy atom. The Labute approximate surface area is 132 Å². The third-order valence-electron chi connectivity index (χ3n) is 4.02. The number of rotatable bonds is 3. The van der Waals surface area contributed by atoms with Crippen molar-refractivity contribution in [2.75, 3.05) is 37.8 Å². The number of halogens is 1. The standard InChI is InChI=1S/C14H17ClN2O5/c1-14(8-18)7-9-6-10(17(19)20)12(11(15)13(9)22-14)16-2-4-21-5-3-16/h6,18H,2-5,7-8H2,1H3. The van der Waals surface area contributed by atoms with E-state index >= 15 is 0 Å². The number of aliphatic hydroxyl groups is 1. The van der Waals surface area contributed by atoms with E-state index in [9.17, 15) is 15.2 Å². The average Bonchev–Trinajstić information content (AvgIpc) is 2.86. The molecular weight excluding hydrogens is 312 g/mol. The molecule has 1 aromatic rings. The molecule has 7 nitrogen and oxygen atoms in total. The van der Waals surface area contributed by atoms with Crippen molar-refractivity contribution in [2.45, 2.75) is 18.9 Å². The zero-order chi connectivity index (χ0) is 15.9. The van der Waals surface area contributed by atoms with Gasteiger partial charge in [-0.3, -0.25) is 10.1 Å². The third-order valence-corrected chi connectivity index (χ3v) is 4.37. The Morgan fingerprint density at radius 1 is 1.50 bits per heavy atom. The summed E-state index contributed by atoms with van der Waals surface area (Å²) in [5, 5.41) is 21.1. The molecule has 0 radical (unpaired) electrons. The fourth-order valence-electron chi connectivity index (χ4n) is 2.90. The van der Waals surface area contributed by atoms with Gasteiger partial charge >= 0.3 is 0 Å². The zero-order valence-corrected chi connectivity index (χ0v) is 12.9. The van der Waals surface area contributed by atoms with Gasteiger partial charge in [-0.25, -0.2) is 0 Å². The summed E-state index contributed by atoms with van der Waals surface area (Å²) < 4.78 is 11.1. The van der Waals surface area contributed by atoms with E-state index in [2.05, 4.69) is 0 Å². The number of benzene rings is 1. The quantitative estimate of drug-likeness (QED) is 0.672. The Hall–Kier alpha value is -1.57. The first-order chi connectivity index (χ1) is 10.4. The highest BCUT2D eigenvalue weighted by molar-refractivity contribution is 6.35. The molecular formula is C14H17ClN2O5. The fourth-order valence-corrected chi connectivity index (χ4v) is 3.28. The maximum atomic E-state index is 11.4. The predicted molar refractivity (Wildman–Crippen MR) is 81.0 cm³/mol. The zero-order valence-electron chi connectivity index (χ0n) is 12.2. The first kappa shape index (κ1) is 15.3. The van der Waals surface area contributed by atoms with Crippen LogP contribution in [0.5, 0.6) is 5.75 Å². The first-order valence-corrected chi connectivity index (χ1v) is 7.45. The topological polar surface area (TPSA) is 85.1 Å². The number of nitro groups is 1. The molecule has 22 heavy (non-hydrogen) atoms. The van der Waals surface area contributed by atoms with E-state index < -0.39 is 10.5 Å². The molecule has 2 aliphatic heterocycles. The lowest BCUT2D eigenvalue weighted by Crippen LogP contribution is -2.37. The second kappa shape index (κ2) is 5.57. The highest BCUT2D eigenvalue weighted by Crippen LogP contribution is 2.49. The van der Waals surface area contributed by atoms with Gasteiger partial charge in [0.05, 0.1) is 24.7 Å². The van der Waals surface area contributed by atoms with E-state index in [1.165, 1.54) is 6.07 Å². The summed E-state index contributed by atoms with van der Waals surface area (Å²) in [6.45, 7) is 3.65. The minimum absolute atomic E-state index is 0.0311. The molecule has 2 aliphatic rings. The minimum Gasteiger partial charge on any atom is -0.483 e. The van der Waals surface area contributed by atoms with Crippen molar-refractivity contribution in [1.29, 1.82) is 0 Å². The number of aliphatic hydroxyl groups excluding tert-OH is 1. The number of ether oxygens (including phenoxy) is 2. The fraction of sp³-hybridized carbons (Fsp3) is 0.571. The summed E-state index contributed by atoms with van der Waals surface area (Å²) >= 11 is 6.43. The molecule has 1 aromatic carbocycles. The average molecular weight is 329 g/mol. The van der Waals surface area contributed by atoms with E-state index in [4.69, 9.17) is 21.1 Å². The van der Waals surface area contributed by atoms with Crippen LogP contribution in [0.25, 0.3) is 0 Å². The Balaban J connectivity index is 2.10. The van der Waals surface area contributed by atoms with Gasteiger partial charge in [-0.2, -0.15) is 0 Å². The molecule has 1 N–H and O–H groups in total. The Kier molecular flexibility index (Phi) is 3.88.